The molecule has 0 spiro atoms. The first-order valence-electron chi connectivity index (χ1n) is 6.37. The Labute approximate surface area is 112 Å². The lowest BCUT2D eigenvalue weighted by molar-refractivity contribution is 0.489. The topological polar surface area (TPSA) is 52.3 Å². The van der Waals surface area contributed by atoms with Gasteiger partial charge in [0.1, 0.15) is 22.9 Å². The molecule has 0 fully saturated rings. The van der Waals surface area contributed by atoms with E-state index in [4.69, 9.17) is 14.6 Å². The summed E-state index contributed by atoms with van der Waals surface area (Å²) >= 11 is 0. The molecule has 3 aromatic rings. The highest BCUT2D eigenvalue weighted by atomic mass is 16.3. The number of rotatable bonds is 2. The smallest absolute Gasteiger partial charge is 0.134 e. The molecule has 3 rings (SSSR count). The molecular formula is C16H17NO2. The van der Waals surface area contributed by atoms with Crippen molar-refractivity contribution in [1.82, 2.24) is 0 Å². The molecule has 0 aliphatic rings. The van der Waals surface area contributed by atoms with E-state index >= 15 is 0 Å². The van der Waals surface area contributed by atoms with Crippen LogP contribution in [0, 0.1) is 20.8 Å². The number of benzene rings is 1. The lowest BCUT2D eigenvalue weighted by Gasteiger charge is -2.06. The second-order valence-electron chi connectivity index (χ2n) is 5.04. The Hall–Kier alpha value is -2.00. The van der Waals surface area contributed by atoms with Gasteiger partial charge in [-0.05, 0) is 45.0 Å². The van der Waals surface area contributed by atoms with Crippen LogP contribution in [0.3, 0.4) is 0 Å². The van der Waals surface area contributed by atoms with Crippen molar-refractivity contribution in [3.63, 3.8) is 0 Å². The molecule has 98 valence electrons. The molecule has 0 aliphatic carbocycles. The second kappa shape index (κ2) is 4.28. The van der Waals surface area contributed by atoms with Crippen LogP contribution in [0.1, 0.15) is 34.4 Å². The highest BCUT2D eigenvalue weighted by Crippen LogP contribution is 2.30. The number of hydrogen-bond acceptors (Lipinski definition) is 3. The van der Waals surface area contributed by atoms with E-state index in [0.717, 1.165) is 33.8 Å². The summed E-state index contributed by atoms with van der Waals surface area (Å²) in [6, 6.07) is 9.81. The molecule has 2 heterocycles. The molecule has 0 amide bonds. The van der Waals surface area contributed by atoms with Gasteiger partial charge in [0.25, 0.3) is 0 Å². The maximum absolute atomic E-state index is 6.28. The molecule has 0 radical (unpaired) electrons. The van der Waals surface area contributed by atoms with Crippen LogP contribution in [-0.4, -0.2) is 0 Å². The number of furan rings is 2. The second-order valence-corrected chi connectivity index (χ2v) is 5.04. The summed E-state index contributed by atoms with van der Waals surface area (Å²) in [5.41, 5.74) is 9.34. The third kappa shape index (κ3) is 2.06. The summed E-state index contributed by atoms with van der Waals surface area (Å²) in [6.45, 7) is 5.91. The van der Waals surface area contributed by atoms with Crippen molar-refractivity contribution in [2.45, 2.75) is 26.8 Å². The van der Waals surface area contributed by atoms with Crippen LogP contribution < -0.4 is 5.73 Å². The van der Waals surface area contributed by atoms with E-state index in [1.165, 1.54) is 5.56 Å². The summed E-state index contributed by atoms with van der Waals surface area (Å²) in [5, 5.41) is 1.09. The van der Waals surface area contributed by atoms with Crippen LogP contribution in [0.15, 0.2) is 39.2 Å². The molecular weight excluding hydrogens is 238 g/mol. The molecule has 0 aliphatic heterocycles. The monoisotopic (exact) mass is 255 g/mol. The van der Waals surface area contributed by atoms with Crippen molar-refractivity contribution >= 4 is 11.0 Å². The van der Waals surface area contributed by atoms with Gasteiger partial charge in [-0.1, -0.05) is 11.6 Å². The van der Waals surface area contributed by atoms with Gasteiger partial charge < -0.3 is 14.6 Å². The largest absolute Gasteiger partial charge is 0.466 e. The Morgan fingerprint density at radius 2 is 1.79 bits per heavy atom. The predicted octanol–water partition coefficient (Wildman–Crippen LogP) is 4.00. The maximum Gasteiger partial charge on any atom is 0.134 e. The van der Waals surface area contributed by atoms with Crippen molar-refractivity contribution in [1.29, 1.82) is 0 Å². The van der Waals surface area contributed by atoms with Gasteiger partial charge in [-0.3, -0.25) is 0 Å². The van der Waals surface area contributed by atoms with E-state index in [1.54, 1.807) is 0 Å². The van der Waals surface area contributed by atoms with Gasteiger partial charge in [-0.25, -0.2) is 0 Å². The Morgan fingerprint density at radius 1 is 1.00 bits per heavy atom. The van der Waals surface area contributed by atoms with E-state index in [0.29, 0.717) is 0 Å². The molecule has 3 nitrogen and oxygen atoms in total. The first-order valence-corrected chi connectivity index (χ1v) is 6.37. The third-order valence-electron chi connectivity index (χ3n) is 3.41. The average molecular weight is 255 g/mol. The number of nitrogens with two attached hydrogens (primary N) is 1. The quantitative estimate of drug-likeness (QED) is 0.753. The molecule has 1 unspecified atom stereocenters. The first-order chi connectivity index (χ1) is 9.04. The van der Waals surface area contributed by atoms with Gasteiger partial charge in [0.2, 0.25) is 0 Å². The van der Waals surface area contributed by atoms with Crippen LogP contribution in [0.25, 0.3) is 11.0 Å². The molecule has 3 heteroatoms. The van der Waals surface area contributed by atoms with Crippen LogP contribution in [-0.2, 0) is 0 Å². The summed E-state index contributed by atoms with van der Waals surface area (Å²) in [4.78, 5) is 0. The maximum atomic E-state index is 6.28. The molecule has 0 saturated heterocycles. The summed E-state index contributed by atoms with van der Waals surface area (Å²) in [7, 11) is 0. The lowest BCUT2D eigenvalue weighted by atomic mass is 10.1. The van der Waals surface area contributed by atoms with Gasteiger partial charge in [0, 0.05) is 10.9 Å². The normalized spacial score (nSPS) is 13.1. The molecule has 1 atom stereocenters. The Kier molecular flexibility index (Phi) is 2.72. The minimum absolute atomic E-state index is 0.287. The zero-order valence-electron chi connectivity index (χ0n) is 11.4. The van der Waals surface area contributed by atoms with E-state index in [9.17, 15) is 0 Å². The fraction of sp³-hybridized carbons (Fsp3) is 0.250. The van der Waals surface area contributed by atoms with Crippen molar-refractivity contribution < 1.29 is 8.83 Å². The van der Waals surface area contributed by atoms with Crippen LogP contribution in [0.2, 0.25) is 0 Å². The molecule has 2 aromatic heterocycles. The Bertz CT molecular complexity index is 736. The molecule has 0 saturated carbocycles. The summed E-state index contributed by atoms with van der Waals surface area (Å²) in [5.74, 6) is 2.49. The predicted molar refractivity (Wildman–Crippen MR) is 75.2 cm³/mol. The first kappa shape index (κ1) is 12.1. The number of aryl methyl sites for hydroxylation is 3. The SMILES string of the molecule is Cc1ccc2oc(C(N)c3cc(C)oc3C)cc2c1. The van der Waals surface area contributed by atoms with Gasteiger partial charge in [0.15, 0.2) is 0 Å². The van der Waals surface area contributed by atoms with E-state index in [-0.39, 0.29) is 6.04 Å². The fourth-order valence-corrected chi connectivity index (χ4v) is 2.45. The Balaban J connectivity index is 2.06. The van der Waals surface area contributed by atoms with Crippen molar-refractivity contribution in [3.05, 3.63) is 58.7 Å². The zero-order valence-corrected chi connectivity index (χ0v) is 11.4. The Morgan fingerprint density at radius 3 is 2.47 bits per heavy atom. The minimum Gasteiger partial charge on any atom is -0.466 e. The van der Waals surface area contributed by atoms with E-state index < -0.39 is 0 Å². The summed E-state index contributed by atoms with van der Waals surface area (Å²) < 4.78 is 11.4. The molecule has 2 N–H and O–H groups in total. The van der Waals surface area contributed by atoms with Gasteiger partial charge in [-0.2, -0.15) is 0 Å². The van der Waals surface area contributed by atoms with Crippen LogP contribution in [0.5, 0.6) is 0 Å². The van der Waals surface area contributed by atoms with Gasteiger partial charge in [-0.15, -0.1) is 0 Å². The fourth-order valence-electron chi connectivity index (χ4n) is 2.45. The van der Waals surface area contributed by atoms with Gasteiger partial charge in [0.05, 0.1) is 6.04 Å². The van der Waals surface area contributed by atoms with Crippen molar-refractivity contribution in [2.75, 3.05) is 0 Å². The molecule has 1 aromatic carbocycles. The minimum atomic E-state index is -0.287. The van der Waals surface area contributed by atoms with Crippen LogP contribution >= 0.6 is 0 Å². The number of fused-ring (bicyclic) bond motifs is 1. The lowest BCUT2D eigenvalue weighted by Crippen LogP contribution is -2.10. The molecule has 19 heavy (non-hydrogen) atoms. The van der Waals surface area contributed by atoms with Crippen LogP contribution in [0.4, 0.5) is 0 Å². The average Bonchev–Trinajstić information content (AvgIpc) is 2.91. The standard InChI is InChI=1S/C16H17NO2/c1-9-4-5-14-12(6-9)8-15(19-14)16(17)13-7-10(2)18-11(13)3/h4-8,16H,17H2,1-3H3. The molecule has 0 bridgehead atoms. The van der Waals surface area contributed by atoms with E-state index in [2.05, 4.69) is 13.0 Å². The zero-order chi connectivity index (χ0) is 13.6. The highest BCUT2D eigenvalue weighted by Gasteiger charge is 2.18. The van der Waals surface area contributed by atoms with Gasteiger partial charge >= 0.3 is 0 Å². The number of hydrogen-bond donors (Lipinski definition) is 1. The third-order valence-corrected chi connectivity index (χ3v) is 3.41. The summed E-state index contributed by atoms with van der Waals surface area (Å²) in [6.07, 6.45) is 0. The van der Waals surface area contributed by atoms with Crippen molar-refractivity contribution in [3.8, 4) is 0 Å². The highest BCUT2D eigenvalue weighted by molar-refractivity contribution is 5.78. The van der Waals surface area contributed by atoms with Crippen molar-refractivity contribution in [2.24, 2.45) is 5.73 Å². The van der Waals surface area contributed by atoms with E-state index in [1.807, 2.05) is 38.1 Å².